The Morgan fingerprint density at radius 2 is 1.90 bits per heavy atom. The highest BCUT2D eigenvalue weighted by atomic mass is 16.4. The summed E-state index contributed by atoms with van der Waals surface area (Å²) in [6.45, 7) is 8.93. The van der Waals surface area contributed by atoms with Crippen molar-refractivity contribution < 1.29 is 4.42 Å². The summed E-state index contributed by atoms with van der Waals surface area (Å²) < 4.78 is 5.82. The smallest absolute Gasteiger partial charge is 0.298 e. The van der Waals surface area contributed by atoms with E-state index in [-0.39, 0.29) is 5.54 Å². The van der Waals surface area contributed by atoms with Gasteiger partial charge in [-0.05, 0) is 26.0 Å². The Labute approximate surface area is 119 Å². The molecule has 20 heavy (non-hydrogen) atoms. The van der Waals surface area contributed by atoms with Crippen molar-refractivity contribution in [2.75, 3.05) is 37.6 Å². The van der Waals surface area contributed by atoms with Crippen LogP contribution in [0.2, 0.25) is 0 Å². The molecule has 1 aliphatic rings. The van der Waals surface area contributed by atoms with Gasteiger partial charge in [-0.15, -0.1) is 0 Å². The summed E-state index contributed by atoms with van der Waals surface area (Å²) in [4.78, 5) is 9.16. The van der Waals surface area contributed by atoms with Crippen molar-refractivity contribution in [3.05, 3.63) is 24.3 Å². The summed E-state index contributed by atoms with van der Waals surface area (Å²) in [5.74, 6) is 0. The molecule has 2 N–H and O–H groups in total. The molecular weight excluding hydrogens is 252 g/mol. The number of aromatic nitrogens is 1. The largest absolute Gasteiger partial charge is 0.423 e. The van der Waals surface area contributed by atoms with Crippen molar-refractivity contribution in [2.24, 2.45) is 5.73 Å². The third kappa shape index (κ3) is 2.94. The maximum absolute atomic E-state index is 6.08. The second kappa shape index (κ2) is 5.07. The number of benzene rings is 1. The number of hydrogen-bond acceptors (Lipinski definition) is 5. The average molecular weight is 274 g/mol. The first kappa shape index (κ1) is 13.4. The molecule has 0 radical (unpaired) electrons. The van der Waals surface area contributed by atoms with E-state index in [4.69, 9.17) is 10.2 Å². The predicted molar refractivity (Wildman–Crippen MR) is 80.9 cm³/mol. The fourth-order valence-corrected chi connectivity index (χ4v) is 2.67. The Balaban J connectivity index is 1.66. The van der Waals surface area contributed by atoms with Crippen LogP contribution in [-0.4, -0.2) is 48.1 Å². The molecule has 108 valence electrons. The minimum absolute atomic E-state index is 0.139. The van der Waals surface area contributed by atoms with Crippen LogP contribution in [0.25, 0.3) is 11.1 Å². The van der Waals surface area contributed by atoms with E-state index >= 15 is 0 Å². The summed E-state index contributed by atoms with van der Waals surface area (Å²) in [6.07, 6.45) is 0. The Morgan fingerprint density at radius 1 is 1.20 bits per heavy atom. The van der Waals surface area contributed by atoms with Crippen LogP contribution in [0.4, 0.5) is 6.01 Å². The fourth-order valence-electron chi connectivity index (χ4n) is 2.67. The quantitative estimate of drug-likeness (QED) is 0.923. The number of oxazole rings is 1. The molecule has 1 saturated heterocycles. The van der Waals surface area contributed by atoms with Crippen LogP contribution < -0.4 is 10.6 Å². The van der Waals surface area contributed by atoms with E-state index in [9.17, 15) is 0 Å². The van der Waals surface area contributed by atoms with E-state index < -0.39 is 0 Å². The summed E-state index contributed by atoms with van der Waals surface area (Å²) in [5.41, 5.74) is 7.72. The van der Waals surface area contributed by atoms with Gasteiger partial charge >= 0.3 is 0 Å². The van der Waals surface area contributed by atoms with E-state index in [1.165, 1.54) is 0 Å². The van der Waals surface area contributed by atoms with Gasteiger partial charge in [-0.3, -0.25) is 4.90 Å². The van der Waals surface area contributed by atoms with Crippen LogP contribution in [0.5, 0.6) is 0 Å². The lowest BCUT2D eigenvalue weighted by molar-refractivity contribution is 0.211. The number of rotatable bonds is 3. The summed E-state index contributed by atoms with van der Waals surface area (Å²) in [6, 6.07) is 8.63. The molecule has 5 nitrogen and oxygen atoms in total. The van der Waals surface area contributed by atoms with Crippen molar-refractivity contribution in [1.29, 1.82) is 0 Å². The van der Waals surface area contributed by atoms with Crippen molar-refractivity contribution in [1.82, 2.24) is 9.88 Å². The van der Waals surface area contributed by atoms with Gasteiger partial charge in [0.15, 0.2) is 5.58 Å². The second-order valence-electron chi connectivity index (χ2n) is 6.22. The molecule has 2 heterocycles. The van der Waals surface area contributed by atoms with Gasteiger partial charge < -0.3 is 15.1 Å². The summed E-state index contributed by atoms with van der Waals surface area (Å²) in [7, 11) is 0. The number of piperazine rings is 1. The van der Waals surface area contributed by atoms with Crippen LogP contribution in [0.15, 0.2) is 28.7 Å². The third-order valence-corrected chi connectivity index (χ3v) is 3.56. The van der Waals surface area contributed by atoms with Gasteiger partial charge in [0.1, 0.15) is 5.52 Å². The molecule has 0 saturated carbocycles. The molecule has 5 heteroatoms. The number of para-hydroxylation sites is 2. The Morgan fingerprint density at radius 3 is 2.55 bits per heavy atom. The zero-order valence-corrected chi connectivity index (χ0v) is 12.2. The van der Waals surface area contributed by atoms with Crippen LogP contribution in [-0.2, 0) is 0 Å². The lowest BCUT2D eigenvalue weighted by atomic mass is 10.1. The van der Waals surface area contributed by atoms with Gasteiger partial charge in [0.2, 0.25) is 0 Å². The Kier molecular flexibility index (Phi) is 3.40. The highest BCUT2D eigenvalue weighted by Crippen LogP contribution is 2.22. The second-order valence-corrected chi connectivity index (χ2v) is 6.22. The van der Waals surface area contributed by atoms with E-state index in [0.29, 0.717) is 0 Å². The number of anilines is 1. The standard InChI is InChI=1S/C15H22N4O/c1-15(2,16)11-18-7-9-19(10-8-18)14-17-12-5-3-4-6-13(12)20-14/h3-6H,7-11,16H2,1-2H3. The minimum Gasteiger partial charge on any atom is -0.423 e. The number of hydrogen-bond donors (Lipinski definition) is 1. The summed E-state index contributed by atoms with van der Waals surface area (Å²) in [5, 5.41) is 0. The topological polar surface area (TPSA) is 58.5 Å². The molecule has 1 fully saturated rings. The molecular formula is C15H22N4O. The molecule has 0 spiro atoms. The molecule has 0 amide bonds. The summed E-state index contributed by atoms with van der Waals surface area (Å²) >= 11 is 0. The van der Waals surface area contributed by atoms with Crippen LogP contribution >= 0.6 is 0 Å². The van der Waals surface area contributed by atoms with Crippen molar-refractivity contribution >= 4 is 17.1 Å². The van der Waals surface area contributed by atoms with Crippen molar-refractivity contribution in [2.45, 2.75) is 19.4 Å². The van der Waals surface area contributed by atoms with E-state index in [1.807, 2.05) is 24.3 Å². The Bertz CT molecular complexity index is 546. The number of nitrogens with zero attached hydrogens (tertiary/aromatic N) is 3. The van der Waals surface area contributed by atoms with Crippen molar-refractivity contribution in [3.63, 3.8) is 0 Å². The zero-order chi connectivity index (χ0) is 14.2. The average Bonchev–Trinajstić information content (AvgIpc) is 2.81. The maximum atomic E-state index is 6.08. The highest BCUT2D eigenvalue weighted by Gasteiger charge is 2.24. The predicted octanol–water partition coefficient (Wildman–Crippen LogP) is 1.69. The first-order chi connectivity index (χ1) is 9.51. The first-order valence-electron chi connectivity index (χ1n) is 7.13. The molecule has 0 bridgehead atoms. The van der Waals surface area contributed by atoms with Gasteiger partial charge in [0.05, 0.1) is 0 Å². The van der Waals surface area contributed by atoms with E-state index in [0.717, 1.165) is 49.8 Å². The minimum atomic E-state index is -0.139. The highest BCUT2D eigenvalue weighted by molar-refractivity contribution is 5.74. The lowest BCUT2D eigenvalue weighted by Gasteiger charge is -2.37. The molecule has 0 aliphatic carbocycles. The first-order valence-corrected chi connectivity index (χ1v) is 7.13. The van der Waals surface area contributed by atoms with Crippen LogP contribution in [0.1, 0.15) is 13.8 Å². The SMILES string of the molecule is CC(C)(N)CN1CCN(c2nc3ccccc3o2)CC1. The van der Waals surface area contributed by atoms with Crippen LogP contribution in [0.3, 0.4) is 0 Å². The Hall–Kier alpha value is -1.59. The molecule has 1 aliphatic heterocycles. The molecule has 3 rings (SSSR count). The molecule has 1 aromatic heterocycles. The fraction of sp³-hybridized carbons (Fsp3) is 0.533. The molecule has 2 aromatic rings. The molecule has 0 atom stereocenters. The van der Waals surface area contributed by atoms with Crippen molar-refractivity contribution in [3.8, 4) is 0 Å². The number of nitrogens with two attached hydrogens (primary N) is 1. The lowest BCUT2D eigenvalue weighted by Crippen LogP contribution is -2.53. The van der Waals surface area contributed by atoms with Gasteiger partial charge in [0.25, 0.3) is 6.01 Å². The van der Waals surface area contributed by atoms with Gasteiger partial charge in [-0.25, -0.2) is 0 Å². The molecule has 0 unspecified atom stereocenters. The van der Waals surface area contributed by atoms with E-state index in [1.54, 1.807) is 0 Å². The third-order valence-electron chi connectivity index (χ3n) is 3.56. The maximum Gasteiger partial charge on any atom is 0.298 e. The normalized spacial score (nSPS) is 17.9. The number of fused-ring (bicyclic) bond motifs is 1. The van der Waals surface area contributed by atoms with Crippen LogP contribution in [0, 0.1) is 0 Å². The van der Waals surface area contributed by atoms with Gasteiger partial charge in [-0.1, -0.05) is 12.1 Å². The monoisotopic (exact) mass is 274 g/mol. The van der Waals surface area contributed by atoms with Gasteiger partial charge in [0, 0.05) is 38.3 Å². The van der Waals surface area contributed by atoms with E-state index in [2.05, 4.69) is 28.6 Å². The van der Waals surface area contributed by atoms with Gasteiger partial charge in [-0.2, -0.15) is 4.98 Å². The zero-order valence-electron chi connectivity index (χ0n) is 12.2. The molecule has 1 aromatic carbocycles.